The molecule has 3 rings (SSSR count). The van der Waals surface area contributed by atoms with Crippen molar-refractivity contribution in [1.82, 2.24) is 14.1 Å². The molecule has 0 aromatic carbocycles. The highest BCUT2D eigenvalue weighted by Gasteiger charge is 2.46. The summed E-state index contributed by atoms with van der Waals surface area (Å²) in [6.45, 7) is 13.5. The Morgan fingerprint density at radius 1 is 1.15 bits per heavy atom. The summed E-state index contributed by atoms with van der Waals surface area (Å²) in [4.78, 5) is 16.5. The monoisotopic (exact) mass is 401 g/mol. The summed E-state index contributed by atoms with van der Waals surface area (Å²) in [5, 5.41) is 0. The minimum Gasteiger partial charge on any atom is -0.444 e. The average Bonchev–Trinajstić information content (AvgIpc) is 3.01. The van der Waals surface area contributed by atoms with Crippen LogP contribution in [-0.2, 0) is 14.8 Å². The van der Waals surface area contributed by atoms with Gasteiger partial charge in [-0.2, -0.15) is 0 Å². The van der Waals surface area contributed by atoms with Gasteiger partial charge in [-0.1, -0.05) is 0 Å². The Kier molecular flexibility index (Phi) is 5.81. The van der Waals surface area contributed by atoms with Gasteiger partial charge in [-0.25, -0.2) is 17.5 Å². The number of nitrogens with zero attached hydrogens (tertiary/aromatic N) is 3. The number of amides is 1. The summed E-state index contributed by atoms with van der Waals surface area (Å²) in [5.41, 5.74) is -0.137. The highest BCUT2D eigenvalue weighted by molar-refractivity contribution is 7.89. The molecule has 3 aliphatic rings. The molecule has 3 heterocycles. The van der Waals surface area contributed by atoms with Gasteiger partial charge in [-0.05, 0) is 58.3 Å². The second-order valence-electron chi connectivity index (χ2n) is 9.55. The number of hydrogen-bond donors (Lipinski definition) is 0. The zero-order valence-corrected chi connectivity index (χ0v) is 18.1. The predicted octanol–water partition coefficient (Wildman–Crippen LogP) is 1.99. The number of carbonyl (C=O) groups excluding carboxylic acids is 1. The number of sulfonamides is 1. The molecule has 3 fully saturated rings. The van der Waals surface area contributed by atoms with Gasteiger partial charge in [-0.3, -0.25) is 0 Å². The summed E-state index contributed by atoms with van der Waals surface area (Å²) in [6, 6.07) is 0. The van der Waals surface area contributed by atoms with Crippen LogP contribution in [0.5, 0.6) is 0 Å². The summed E-state index contributed by atoms with van der Waals surface area (Å²) < 4.78 is 31.2. The molecule has 8 heteroatoms. The van der Waals surface area contributed by atoms with E-state index in [2.05, 4.69) is 4.90 Å². The molecular weight excluding hydrogens is 366 g/mol. The van der Waals surface area contributed by atoms with Crippen LogP contribution in [0.15, 0.2) is 0 Å². The normalized spacial score (nSPS) is 27.0. The third-order valence-electron chi connectivity index (χ3n) is 6.11. The smallest absolute Gasteiger partial charge is 0.410 e. The molecule has 0 aliphatic carbocycles. The highest BCUT2D eigenvalue weighted by atomic mass is 32.2. The molecule has 27 heavy (non-hydrogen) atoms. The Bertz CT molecular complexity index is 642. The zero-order chi connectivity index (χ0) is 19.9. The lowest BCUT2D eigenvalue weighted by Crippen LogP contribution is -2.61. The minimum absolute atomic E-state index is 0.196. The maximum absolute atomic E-state index is 12.2. The number of rotatable bonds is 4. The van der Waals surface area contributed by atoms with Crippen molar-refractivity contribution < 1.29 is 17.9 Å². The predicted molar refractivity (Wildman–Crippen MR) is 105 cm³/mol. The van der Waals surface area contributed by atoms with Crippen molar-refractivity contribution in [2.24, 2.45) is 11.3 Å². The van der Waals surface area contributed by atoms with E-state index >= 15 is 0 Å². The number of likely N-dealkylation sites (tertiary alicyclic amines) is 2. The number of piperidine rings is 1. The van der Waals surface area contributed by atoms with Crippen LogP contribution in [0.1, 0.15) is 47.0 Å². The fourth-order valence-electron chi connectivity index (χ4n) is 4.61. The van der Waals surface area contributed by atoms with Crippen molar-refractivity contribution in [1.29, 1.82) is 0 Å². The van der Waals surface area contributed by atoms with E-state index in [1.807, 2.05) is 25.7 Å². The largest absolute Gasteiger partial charge is 0.444 e. The Morgan fingerprint density at radius 3 is 2.33 bits per heavy atom. The van der Waals surface area contributed by atoms with Gasteiger partial charge in [0, 0.05) is 45.8 Å². The van der Waals surface area contributed by atoms with Crippen molar-refractivity contribution in [2.45, 2.75) is 52.6 Å². The SMILES string of the molecule is CCS(=O)(=O)N1CCC2(CC1)CN(C[C@@H]1CCN(C(=O)OC(C)(C)C)C1)C2. The second kappa shape index (κ2) is 7.52. The van der Waals surface area contributed by atoms with Gasteiger partial charge in [0.25, 0.3) is 0 Å². The van der Waals surface area contributed by atoms with Crippen LogP contribution in [0, 0.1) is 11.3 Å². The van der Waals surface area contributed by atoms with E-state index in [1.165, 1.54) is 0 Å². The van der Waals surface area contributed by atoms with Gasteiger partial charge in [-0.15, -0.1) is 0 Å². The Hall–Kier alpha value is -0.860. The summed E-state index contributed by atoms with van der Waals surface area (Å²) in [6.07, 6.45) is 2.77. The molecule has 1 spiro atoms. The van der Waals surface area contributed by atoms with E-state index in [0.717, 1.165) is 52.0 Å². The van der Waals surface area contributed by atoms with Crippen molar-refractivity contribution >= 4 is 16.1 Å². The van der Waals surface area contributed by atoms with E-state index < -0.39 is 15.6 Å². The first-order chi connectivity index (χ1) is 12.5. The van der Waals surface area contributed by atoms with E-state index in [-0.39, 0.29) is 11.8 Å². The Balaban J connectivity index is 1.40. The maximum atomic E-state index is 12.2. The van der Waals surface area contributed by atoms with Crippen LogP contribution in [0.3, 0.4) is 0 Å². The molecule has 156 valence electrons. The van der Waals surface area contributed by atoms with E-state index in [4.69, 9.17) is 4.74 Å². The van der Waals surface area contributed by atoms with Crippen LogP contribution >= 0.6 is 0 Å². The molecule has 1 amide bonds. The molecule has 0 N–H and O–H groups in total. The fraction of sp³-hybridized carbons (Fsp3) is 0.947. The fourth-order valence-corrected chi connectivity index (χ4v) is 5.71. The Morgan fingerprint density at radius 2 is 1.78 bits per heavy atom. The molecule has 3 saturated heterocycles. The average molecular weight is 402 g/mol. The molecule has 0 aromatic heterocycles. The first-order valence-electron chi connectivity index (χ1n) is 10.2. The number of carbonyl (C=O) groups is 1. The van der Waals surface area contributed by atoms with Crippen molar-refractivity contribution in [2.75, 3.05) is 51.6 Å². The third-order valence-corrected chi connectivity index (χ3v) is 7.99. The quantitative estimate of drug-likeness (QED) is 0.721. The first kappa shape index (κ1) is 20.9. The molecular formula is C19H35N3O4S. The number of hydrogen-bond acceptors (Lipinski definition) is 5. The van der Waals surface area contributed by atoms with Gasteiger partial charge >= 0.3 is 6.09 Å². The lowest BCUT2D eigenvalue weighted by molar-refractivity contribution is -0.0415. The zero-order valence-electron chi connectivity index (χ0n) is 17.2. The molecule has 7 nitrogen and oxygen atoms in total. The van der Waals surface area contributed by atoms with Crippen molar-refractivity contribution in [3.8, 4) is 0 Å². The maximum Gasteiger partial charge on any atom is 0.410 e. The Labute approximate surface area is 164 Å². The summed E-state index contributed by atoms with van der Waals surface area (Å²) in [7, 11) is -3.04. The van der Waals surface area contributed by atoms with E-state index in [0.29, 0.717) is 24.4 Å². The van der Waals surface area contributed by atoms with Crippen LogP contribution in [0.4, 0.5) is 4.79 Å². The van der Waals surface area contributed by atoms with Crippen molar-refractivity contribution in [3.63, 3.8) is 0 Å². The van der Waals surface area contributed by atoms with Gasteiger partial charge in [0.1, 0.15) is 5.60 Å². The number of ether oxygens (including phenoxy) is 1. The van der Waals surface area contributed by atoms with Crippen LogP contribution in [0.25, 0.3) is 0 Å². The molecule has 0 radical (unpaired) electrons. The van der Waals surface area contributed by atoms with Gasteiger partial charge < -0.3 is 14.5 Å². The molecule has 0 unspecified atom stereocenters. The minimum atomic E-state index is -3.04. The molecule has 1 atom stereocenters. The van der Waals surface area contributed by atoms with Gasteiger partial charge in [0.2, 0.25) is 10.0 Å². The van der Waals surface area contributed by atoms with E-state index in [9.17, 15) is 13.2 Å². The molecule has 0 saturated carbocycles. The third kappa shape index (κ3) is 4.95. The second-order valence-corrected chi connectivity index (χ2v) is 11.8. The van der Waals surface area contributed by atoms with Gasteiger partial charge in [0.15, 0.2) is 0 Å². The highest BCUT2D eigenvalue weighted by Crippen LogP contribution is 2.41. The van der Waals surface area contributed by atoms with Crippen LogP contribution in [-0.4, -0.2) is 85.8 Å². The molecule has 0 aromatic rings. The van der Waals surface area contributed by atoms with Crippen LogP contribution < -0.4 is 0 Å². The molecule has 0 bridgehead atoms. The summed E-state index contributed by atoms with van der Waals surface area (Å²) in [5.74, 6) is 0.706. The lowest BCUT2D eigenvalue weighted by atomic mass is 9.72. The summed E-state index contributed by atoms with van der Waals surface area (Å²) >= 11 is 0. The van der Waals surface area contributed by atoms with Gasteiger partial charge in [0.05, 0.1) is 5.75 Å². The standard InChI is InChI=1S/C19H35N3O4S/c1-5-27(24,25)22-10-7-19(8-11-22)14-20(15-19)12-16-6-9-21(13-16)17(23)26-18(2,3)4/h16H,5-15H2,1-4H3/t16-/m0/s1. The molecule has 3 aliphatic heterocycles. The van der Waals surface area contributed by atoms with Crippen LogP contribution in [0.2, 0.25) is 0 Å². The van der Waals surface area contributed by atoms with Crippen molar-refractivity contribution in [3.05, 3.63) is 0 Å². The first-order valence-corrected chi connectivity index (χ1v) is 11.8. The van der Waals surface area contributed by atoms with E-state index in [1.54, 1.807) is 11.2 Å². The topological polar surface area (TPSA) is 70.2 Å². The lowest BCUT2D eigenvalue weighted by Gasteiger charge is -2.54.